The molecule has 9 heavy (non-hydrogen) atoms. The number of methoxy groups -OCH3 is 1. The Labute approximate surface area is 54.5 Å². The summed E-state index contributed by atoms with van der Waals surface area (Å²) in [6.45, 7) is 1.78. The lowest BCUT2D eigenvalue weighted by atomic mass is 10.3. The summed E-state index contributed by atoms with van der Waals surface area (Å²) < 4.78 is 4.36. The summed E-state index contributed by atoms with van der Waals surface area (Å²) in [4.78, 5) is 10.4. The second kappa shape index (κ2) is 3.95. The Kier molecular flexibility index (Phi) is 3.51. The third kappa shape index (κ3) is 3.58. The SMILES string of the molecule is C/C=C(\N)CC(=O)OC. The van der Waals surface area contributed by atoms with Gasteiger partial charge in [-0.05, 0) is 6.92 Å². The molecule has 0 spiro atoms. The van der Waals surface area contributed by atoms with Crippen LogP contribution < -0.4 is 5.73 Å². The summed E-state index contributed by atoms with van der Waals surface area (Å²) in [6.07, 6.45) is 1.86. The smallest absolute Gasteiger partial charge is 0.311 e. The second-order valence-corrected chi connectivity index (χ2v) is 1.62. The Morgan fingerprint density at radius 2 is 2.33 bits per heavy atom. The maximum Gasteiger partial charge on any atom is 0.311 e. The summed E-state index contributed by atoms with van der Waals surface area (Å²) >= 11 is 0. The number of nitrogens with two attached hydrogens (primary N) is 1. The number of hydrogen-bond acceptors (Lipinski definition) is 3. The van der Waals surface area contributed by atoms with Gasteiger partial charge in [0.05, 0.1) is 13.5 Å². The molecule has 0 rings (SSSR count). The van der Waals surface area contributed by atoms with E-state index >= 15 is 0 Å². The minimum absolute atomic E-state index is 0.188. The standard InChI is InChI=1S/C6H11NO2/c1-3-5(7)4-6(8)9-2/h3H,4,7H2,1-2H3/b5-3-. The fraction of sp³-hybridized carbons (Fsp3) is 0.500. The van der Waals surface area contributed by atoms with Crippen molar-refractivity contribution in [1.82, 2.24) is 0 Å². The van der Waals surface area contributed by atoms with Crippen molar-refractivity contribution in [3.63, 3.8) is 0 Å². The van der Waals surface area contributed by atoms with Crippen LogP contribution in [0.1, 0.15) is 13.3 Å². The fourth-order valence-electron chi connectivity index (χ4n) is 0.341. The minimum atomic E-state index is -0.300. The molecule has 0 saturated heterocycles. The van der Waals surface area contributed by atoms with Crippen LogP contribution in [0.2, 0.25) is 0 Å². The number of carbonyl (C=O) groups excluding carboxylic acids is 1. The lowest BCUT2D eigenvalue weighted by Crippen LogP contribution is -2.06. The van der Waals surface area contributed by atoms with Crippen LogP contribution in [-0.2, 0) is 9.53 Å². The van der Waals surface area contributed by atoms with E-state index in [1.165, 1.54) is 7.11 Å². The third-order valence-electron chi connectivity index (χ3n) is 0.947. The van der Waals surface area contributed by atoms with E-state index in [4.69, 9.17) is 5.73 Å². The van der Waals surface area contributed by atoms with Gasteiger partial charge in [0.25, 0.3) is 0 Å². The lowest BCUT2D eigenvalue weighted by Gasteiger charge is -1.96. The number of esters is 1. The van der Waals surface area contributed by atoms with Gasteiger partial charge in [-0.1, -0.05) is 6.08 Å². The van der Waals surface area contributed by atoms with Crippen molar-refractivity contribution in [3.05, 3.63) is 11.8 Å². The topological polar surface area (TPSA) is 52.3 Å². The van der Waals surface area contributed by atoms with Crippen molar-refractivity contribution >= 4 is 5.97 Å². The zero-order chi connectivity index (χ0) is 7.28. The Bertz CT molecular complexity index is 129. The van der Waals surface area contributed by atoms with Gasteiger partial charge in [0.2, 0.25) is 0 Å². The van der Waals surface area contributed by atoms with Crippen LogP contribution in [0.15, 0.2) is 11.8 Å². The predicted octanol–water partition coefficient (Wildman–Crippen LogP) is 0.412. The lowest BCUT2D eigenvalue weighted by molar-refractivity contribution is -0.139. The van der Waals surface area contributed by atoms with E-state index in [2.05, 4.69) is 4.74 Å². The third-order valence-corrected chi connectivity index (χ3v) is 0.947. The zero-order valence-electron chi connectivity index (χ0n) is 5.68. The molecule has 0 aromatic rings. The Morgan fingerprint density at radius 3 is 2.67 bits per heavy atom. The average Bonchev–Trinajstić information content (AvgIpc) is 1.87. The highest BCUT2D eigenvalue weighted by Crippen LogP contribution is 1.92. The normalized spacial score (nSPS) is 11.1. The van der Waals surface area contributed by atoms with E-state index < -0.39 is 0 Å². The maximum atomic E-state index is 10.4. The van der Waals surface area contributed by atoms with E-state index in [1.54, 1.807) is 13.0 Å². The molecule has 0 radical (unpaired) electrons. The second-order valence-electron chi connectivity index (χ2n) is 1.62. The molecular weight excluding hydrogens is 118 g/mol. The van der Waals surface area contributed by atoms with Crippen molar-refractivity contribution in [2.45, 2.75) is 13.3 Å². The number of allylic oxidation sites excluding steroid dienone is 1. The van der Waals surface area contributed by atoms with Crippen LogP contribution in [-0.4, -0.2) is 13.1 Å². The molecule has 3 nitrogen and oxygen atoms in total. The van der Waals surface area contributed by atoms with E-state index in [0.29, 0.717) is 5.70 Å². The first kappa shape index (κ1) is 8.01. The van der Waals surface area contributed by atoms with Crippen molar-refractivity contribution in [1.29, 1.82) is 0 Å². The van der Waals surface area contributed by atoms with E-state index in [-0.39, 0.29) is 12.4 Å². The van der Waals surface area contributed by atoms with Crippen molar-refractivity contribution in [2.75, 3.05) is 7.11 Å². The van der Waals surface area contributed by atoms with Crippen LogP contribution in [0, 0.1) is 0 Å². The van der Waals surface area contributed by atoms with Gasteiger partial charge in [-0.2, -0.15) is 0 Å². The zero-order valence-corrected chi connectivity index (χ0v) is 5.68. The van der Waals surface area contributed by atoms with Crippen LogP contribution in [0.25, 0.3) is 0 Å². The maximum absolute atomic E-state index is 10.4. The number of hydrogen-bond donors (Lipinski definition) is 1. The molecule has 0 aliphatic rings. The van der Waals surface area contributed by atoms with Crippen LogP contribution in [0.3, 0.4) is 0 Å². The molecule has 0 unspecified atom stereocenters. The molecule has 0 amide bonds. The van der Waals surface area contributed by atoms with Crippen molar-refractivity contribution in [3.8, 4) is 0 Å². The molecule has 0 heterocycles. The quantitative estimate of drug-likeness (QED) is 0.549. The molecule has 0 atom stereocenters. The molecule has 0 aliphatic heterocycles. The predicted molar refractivity (Wildman–Crippen MR) is 34.6 cm³/mol. The molecule has 3 heteroatoms. The molecule has 0 fully saturated rings. The van der Waals surface area contributed by atoms with Crippen LogP contribution >= 0.6 is 0 Å². The number of ether oxygens (including phenoxy) is 1. The Hall–Kier alpha value is -0.990. The summed E-state index contributed by atoms with van der Waals surface area (Å²) in [5.74, 6) is -0.300. The van der Waals surface area contributed by atoms with Gasteiger partial charge in [0.1, 0.15) is 0 Å². The molecule has 0 saturated carbocycles. The first-order chi connectivity index (χ1) is 4.20. The van der Waals surface area contributed by atoms with Gasteiger partial charge < -0.3 is 10.5 Å². The minimum Gasteiger partial charge on any atom is -0.469 e. The average molecular weight is 129 g/mol. The van der Waals surface area contributed by atoms with Gasteiger partial charge in [0.15, 0.2) is 0 Å². The van der Waals surface area contributed by atoms with Gasteiger partial charge >= 0.3 is 5.97 Å². The van der Waals surface area contributed by atoms with Crippen molar-refractivity contribution in [2.24, 2.45) is 5.73 Å². The van der Waals surface area contributed by atoms with E-state index in [0.717, 1.165) is 0 Å². The highest BCUT2D eigenvalue weighted by Gasteiger charge is 1.98. The first-order valence-corrected chi connectivity index (χ1v) is 2.68. The molecule has 0 bridgehead atoms. The van der Waals surface area contributed by atoms with Gasteiger partial charge in [-0.3, -0.25) is 4.79 Å². The highest BCUT2D eigenvalue weighted by molar-refractivity contribution is 5.71. The largest absolute Gasteiger partial charge is 0.469 e. The highest BCUT2D eigenvalue weighted by atomic mass is 16.5. The molecule has 0 aromatic heterocycles. The molecular formula is C6H11NO2. The number of rotatable bonds is 2. The van der Waals surface area contributed by atoms with Gasteiger partial charge in [0, 0.05) is 5.70 Å². The van der Waals surface area contributed by atoms with Crippen LogP contribution in [0.5, 0.6) is 0 Å². The molecule has 2 N–H and O–H groups in total. The molecule has 52 valence electrons. The monoisotopic (exact) mass is 129 g/mol. The number of carbonyl (C=O) groups is 1. The molecule has 0 aromatic carbocycles. The molecule has 0 aliphatic carbocycles. The van der Waals surface area contributed by atoms with E-state index in [1.807, 2.05) is 0 Å². The van der Waals surface area contributed by atoms with Crippen molar-refractivity contribution < 1.29 is 9.53 Å². The van der Waals surface area contributed by atoms with Crippen LogP contribution in [0.4, 0.5) is 0 Å². The van der Waals surface area contributed by atoms with Gasteiger partial charge in [-0.15, -0.1) is 0 Å². The van der Waals surface area contributed by atoms with E-state index in [9.17, 15) is 4.79 Å². The first-order valence-electron chi connectivity index (χ1n) is 2.68. The summed E-state index contributed by atoms with van der Waals surface area (Å²) in [7, 11) is 1.34. The fourth-order valence-corrected chi connectivity index (χ4v) is 0.341. The summed E-state index contributed by atoms with van der Waals surface area (Å²) in [5.41, 5.74) is 5.85. The van der Waals surface area contributed by atoms with Gasteiger partial charge in [-0.25, -0.2) is 0 Å². The summed E-state index contributed by atoms with van der Waals surface area (Å²) in [5, 5.41) is 0. The Morgan fingerprint density at radius 1 is 1.78 bits per heavy atom. The Balaban J connectivity index is 3.60. The summed E-state index contributed by atoms with van der Waals surface area (Å²) in [6, 6.07) is 0.